The zero-order chi connectivity index (χ0) is 14.1. The van der Waals surface area contributed by atoms with Crippen LogP contribution in [0, 0.1) is 11.3 Å². The quantitative estimate of drug-likeness (QED) is 0.871. The normalized spacial score (nSPS) is 14.7. The molecule has 1 aliphatic carbocycles. The van der Waals surface area contributed by atoms with Gasteiger partial charge in [0, 0.05) is 10.9 Å². The van der Waals surface area contributed by atoms with Crippen LogP contribution >= 0.6 is 11.6 Å². The summed E-state index contributed by atoms with van der Waals surface area (Å²) >= 11 is 6.06. The molecular weight excluding hydrogens is 276 g/mol. The van der Waals surface area contributed by atoms with Crippen LogP contribution in [0.4, 0.5) is 0 Å². The van der Waals surface area contributed by atoms with Crippen LogP contribution in [0.5, 0.6) is 5.75 Å². The molecule has 3 rings (SSSR count). The molecule has 20 heavy (non-hydrogen) atoms. The zero-order valence-electron chi connectivity index (χ0n) is 11.0. The summed E-state index contributed by atoms with van der Waals surface area (Å²) in [6.45, 7) is 0. The highest BCUT2D eigenvalue weighted by Crippen LogP contribution is 2.39. The van der Waals surface area contributed by atoms with Gasteiger partial charge >= 0.3 is 0 Å². The summed E-state index contributed by atoms with van der Waals surface area (Å²) in [5, 5.41) is 17.9. The summed E-state index contributed by atoms with van der Waals surface area (Å²) in [7, 11) is 1.60. The molecule has 1 fully saturated rings. The molecule has 0 N–H and O–H groups in total. The second-order valence-corrected chi connectivity index (χ2v) is 5.23. The number of hydrogen-bond acceptors (Lipinski definition) is 4. The van der Waals surface area contributed by atoms with Gasteiger partial charge in [-0.1, -0.05) is 23.2 Å². The smallest absolute Gasteiger partial charge is 0.186 e. The van der Waals surface area contributed by atoms with E-state index in [0.29, 0.717) is 22.4 Å². The summed E-state index contributed by atoms with van der Waals surface area (Å²) in [6.07, 6.45) is 3.29. The third-order valence-electron chi connectivity index (χ3n) is 3.67. The number of ether oxygens (including phenoxy) is 1. The number of nitriles is 1. The van der Waals surface area contributed by atoms with Crippen LogP contribution in [0.25, 0.3) is 5.69 Å². The Morgan fingerprint density at radius 1 is 1.45 bits per heavy atom. The fraction of sp³-hybridized carbons (Fsp3) is 0.357. The van der Waals surface area contributed by atoms with Crippen LogP contribution in [0.1, 0.15) is 36.6 Å². The fourth-order valence-electron chi connectivity index (χ4n) is 2.42. The summed E-state index contributed by atoms with van der Waals surface area (Å²) in [5.41, 5.74) is 1.96. The van der Waals surface area contributed by atoms with Crippen LogP contribution in [-0.2, 0) is 0 Å². The second-order valence-electron chi connectivity index (χ2n) is 4.79. The molecule has 5 nitrogen and oxygen atoms in total. The Labute approximate surface area is 121 Å². The maximum Gasteiger partial charge on any atom is 0.186 e. The van der Waals surface area contributed by atoms with Gasteiger partial charge in [0.15, 0.2) is 5.69 Å². The van der Waals surface area contributed by atoms with Crippen LogP contribution in [0.15, 0.2) is 18.2 Å². The van der Waals surface area contributed by atoms with Gasteiger partial charge in [-0.3, -0.25) is 0 Å². The molecule has 1 aliphatic rings. The molecule has 0 unspecified atom stereocenters. The lowest BCUT2D eigenvalue weighted by atomic mass is 9.82. The van der Waals surface area contributed by atoms with Crippen molar-refractivity contribution in [2.75, 3.05) is 7.11 Å². The molecule has 6 heteroatoms. The van der Waals surface area contributed by atoms with Gasteiger partial charge in [-0.15, -0.1) is 5.10 Å². The number of aromatic nitrogens is 3. The van der Waals surface area contributed by atoms with Crippen molar-refractivity contribution in [3.63, 3.8) is 0 Å². The molecule has 102 valence electrons. The topological polar surface area (TPSA) is 63.7 Å². The van der Waals surface area contributed by atoms with Gasteiger partial charge in [-0.05, 0) is 31.0 Å². The lowest BCUT2D eigenvalue weighted by Crippen LogP contribution is -2.15. The zero-order valence-corrected chi connectivity index (χ0v) is 11.8. The Hall–Kier alpha value is -2.06. The lowest BCUT2D eigenvalue weighted by molar-refractivity contribution is 0.394. The molecule has 1 saturated carbocycles. The summed E-state index contributed by atoms with van der Waals surface area (Å²) in [5.74, 6) is 0.993. The highest BCUT2D eigenvalue weighted by molar-refractivity contribution is 6.30. The molecule has 0 radical (unpaired) electrons. The van der Waals surface area contributed by atoms with Crippen molar-refractivity contribution in [1.82, 2.24) is 15.0 Å². The highest BCUT2D eigenvalue weighted by atomic mass is 35.5. The van der Waals surface area contributed by atoms with Gasteiger partial charge in [0.2, 0.25) is 0 Å². The van der Waals surface area contributed by atoms with Gasteiger partial charge in [-0.25, -0.2) is 4.68 Å². The summed E-state index contributed by atoms with van der Waals surface area (Å²) in [4.78, 5) is 0. The Bertz CT molecular complexity index is 685. The third-order valence-corrected chi connectivity index (χ3v) is 3.91. The third kappa shape index (κ3) is 2.02. The van der Waals surface area contributed by atoms with E-state index in [9.17, 15) is 5.26 Å². The first-order chi connectivity index (χ1) is 9.74. The van der Waals surface area contributed by atoms with E-state index in [4.69, 9.17) is 16.3 Å². The molecule has 2 aromatic rings. The molecule has 0 amide bonds. The minimum absolute atomic E-state index is 0.336. The molecule has 1 heterocycles. The van der Waals surface area contributed by atoms with Gasteiger partial charge in [-0.2, -0.15) is 5.26 Å². The monoisotopic (exact) mass is 288 g/mol. The molecule has 0 spiro atoms. The Morgan fingerprint density at radius 3 is 2.85 bits per heavy atom. The van der Waals surface area contributed by atoms with E-state index in [2.05, 4.69) is 16.4 Å². The van der Waals surface area contributed by atoms with E-state index in [-0.39, 0.29) is 0 Å². The van der Waals surface area contributed by atoms with Crippen molar-refractivity contribution in [2.24, 2.45) is 0 Å². The fourth-order valence-corrected chi connectivity index (χ4v) is 2.59. The van der Waals surface area contributed by atoms with Crippen molar-refractivity contribution in [2.45, 2.75) is 25.2 Å². The molecule has 0 saturated heterocycles. The van der Waals surface area contributed by atoms with Gasteiger partial charge in [0.25, 0.3) is 0 Å². The van der Waals surface area contributed by atoms with E-state index < -0.39 is 0 Å². The number of hydrogen-bond donors (Lipinski definition) is 0. The van der Waals surface area contributed by atoms with Crippen molar-refractivity contribution < 1.29 is 4.74 Å². The maximum atomic E-state index is 9.21. The molecule has 0 aliphatic heterocycles. The minimum Gasteiger partial charge on any atom is -0.494 e. The van der Waals surface area contributed by atoms with Crippen LogP contribution < -0.4 is 4.74 Å². The number of nitrogens with zero attached hydrogens (tertiary/aromatic N) is 4. The predicted molar refractivity (Wildman–Crippen MR) is 74.2 cm³/mol. The summed E-state index contributed by atoms with van der Waals surface area (Å²) < 4.78 is 7.04. The first kappa shape index (κ1) is 12.9. The van der Waals surface area contributed by atoms with Crippen molar-refractivity contribution >= 4 is 11.6 Å². The van der Waals surface area contributed by atoms with E-state index in [0.717, 1.165) is 24.2 Å². The highest BCUT2D eigenvalue weighted by Gasteiger charge is 2.29. The van der Waals surface area contributed by atoms with E-state index in [1.807, 2.05) is 0 Å². The van der Waals surface area contributed by atoms with Crippen LogP contribution in [-0.4, -0.2) is 22.1 Å². The lowest BCUT2D eigenvalue weighted by Gasteiger charge is -2.26. The summed E-state index contributed by atoms with van der Waals surface area (Å²) in [6, 6.07) is 7.44. The first-order valence-corrected chi connectivity index (χ1v) is 6.82. The van der Waals surface area contributed by atoms with E-state index in [1.165, 1.54) is 6.42 Å². The molecule has 1 aromatic heterocycles. The molecule has 0 atom stereocenters. The Kier molecular flexibility index (Phi) is 3.33. The second kappa shape index (κ2) is 5.14. The Morgan fingerprint density at radius 2 is 2.25 bits per heavy atom. The number of rotatable bonds is 3. The number of methoxy groups -OCH3 is 1. The van der Waals surface area contributed by atoms with Gasteiger partial charge in [0.1, 0.15) is 17.5 Å². The number of halogens is 1. The van der Waals surface area contributed by atoms with Gasteiger partial charge in [0.05, 0.1) is 12.8 Å². The SMILES string of the molecule is COc1ccc(Cl)cc1-n1nnc(C#N)c1C1CCC1. The van der Waals surface area contributed by atoms with Crippen molar-refractivity contribution in [3.05, 3.63) is 34.6 Å². The number of benzene rings is 1. The van der Waals surface area contributed by atoms with E-state index >= 15 is 0 Å². The largest absolute Gasteiger partial charge is 0.494 e. The standard InChI is InChI=1S/C14H13ClN4O/c1-20-13-6-5-10(15)7-12(13)19-14(9-3-2-4-9)11(8-16)17-18-19/h5-7,9H,2-4H2,1H3. The molecular formula is C14H13ClN4O. The van der Waals surface area contributed by atoms with Crippen LogP contribution in [0.2, 0.25) is 5.02 Å². The maximum absolute atomic E-state index is 9.21. The molecule has 1 aromatic carbocycles. The average molecular weight is 289 g/mol. The predicted octanol–water partition coefficient (Wildman–Crippen LogP) is 3.07. The minimum atomic E-state index is 0.336. The first-order valence-electron chi connectivity index (χ1n) is 6.44. The van der Waals surface area contributed by atoms with Crippen molar-refractivity contribution in [3.8, 4) is 17.5 Å². The van der Waals surface area contributed by atoms with Crippen molar-refractivity contribution in [1.29, 1.82) is 5.26 Å². The Balaban J connectivity index is 2.17. The van der Waals surface area contributed by atoms with Gasteiger partial charge < -0.3 is 4.74 Å². The average Bonchev–Trinajstić information content (AvgIpc) is 2.80. The molecule has 0 bridgehead atoms. The van der Waals surface area contributed by atoms with E-state index in [1.54, 1.807) is 30.0 Å². The van der Waals surface area contributed by atoms with Crippen LogP contribution in [0.3, 0.4) is 0 Å².